The number of nitrogens with one attached hydrogen (secondary N) is 3. The molecule has 15 heteroatoms. The lowest BCUT2D eigenvalue weighted by Crippen LogP contribution is -2.26. The smallest absolute Gasteiger partial charge is 0.252 e. The monoisotopic (exact) mass is 1100 g/mol. The van der Waals surface area contributed by atoms with Crippen LogP contribution in [0.4, 0.5) is 0 Å². The Morgan fingerprint density at radius 1 is 0.512 bits per heavy atom. The molecule has 3 aliphatic rings. The van der Waals surface area contributed by atoms with E-state index in [9.17, 15) is 60.0 Å². The number of ketones is 3. The summed E-state index contributed by atoms with van der Waals surface area (Å²) in [4.78, 5) is 87.2. The second kappa shape index (κ2) is 24.6. The fourth-order valence-electron chi connectivity index (χ4n) is 10.9. The summed E-state index contributed by atoms with van der Waals surface area (Å²) in [5.41, 5.74) is 9.27. The molecule has 0 bridgehead atoms. The zero-order chi connectivity index (χ0) is 60.3. The number of aromatic nitrogens is 3. The fourth-order valence-corrected chi connectivity index (χ4v) is 10.9. The molecule has 15 nitrogen and oxygen atoms in total. The van der Waals surface area contributed by atoms with Gasteiger partial charge in [0, 0.05) is 80.2 Å². The number of pyridine rings is 3. The number of aryl methyl sites for hydroxylation is 5. The first-order valence-corrected chi connectivity index (χ1v) is 27.9. The highest BCUT2D eigenvalue weighted by Gasteiger charge is 2.44. The van der Waals surface area contributed by atoms with E-state index in [4.69, 9.17) is 0 Å². The van der Waals surface area contributed by atoms with Crippen LogP contribution in [0.1, 0.15) is 229 Å². The van der Waals surface area contributed by atoms with Crippen molar-refractivity contribution in [3.8, 4) is 24.3 Å². The molecule has 0 atom stereocenters. The first-order chi connectivity index (χ1) is 38.7. The van der Waals surface area contributed by atoms with Gasteiger partial charge in [0.25, 0.3) is 16.7 Å². The minimum atomic E-state index is -0.795. The van der Waals surface area contributed by atoms with Crippen LogP contribution in [0.25, 0.3) is 0 Å². The normalized spacial score (nSPS) is 14.3. The van der Waals surface area contributed by atoms with Crippen LogP contribution >= 0.6 is 0 Å². The lowest BCUT2D eigenvalue weighted by Gasteiger charge is -2.21. The van der Waals surface area contributed by atoms with Gasteiger partial charge in [-0.05, 0) is 197 Å². The number of hydrogen-bond donors (Lipinski definition) is 5. The predicted molar refractivity (Wildman–Crippen MR) is 312 cm³/mol. The van der Waals surface area contributed by atoms with Gasteiger partial charge in [-0.15, -0.1) is 0 Å². The predicted octanol–water partition coefficient (Wildman–Crippen LogP) is 10.6. The van der Waals surface area contributed by atoms with Crippen LogP contribution < -0.4 is 16.7 Å². The van der Waals surface area contributed by atoms with Gasteiger partial charge in [0.05, 0.1) is 52.1 Å². The highest BCUT2D eigenvalue weighted by molar-refractivity contribution is 6.13. The number of benzene rings is 3. The third-order valence-electron chi connectivity index (χ3n) is 15.9. The summed E-state index contributed by atoms with van der Waals surface area (Å²) in [5, 5.41) is 57.2. The minimum absolute atomic E-state index is 0.0265. The Morgan fingerprint density at radius 3 is 1.16 bits per heavy atom. The van der Waals surface area contributed by atoms with Gasteiger partial charge in [0.15, 0.2) is 17.3 Å². The van der Waals surface area contributed by atoms with Crippen LogP contribution in [-0.2, 0) is 19.3 Å². The number of aliphatic hydroxyl groups excluding tert-OH is 1. The number of carbonyl (C=O) groups is 3. The van der Waals surface area contributed by atoms with Gasteiger partial charge >= 0.3 is 0 Å². The zero-order valence-electron chi connectivity index (χ0n) is 48.7. The van der Waals surface area contributed by atoms with Crippen molar-refractivity contribution in [2.75, 3.05) is 6.61 Å². The number of rotatable bonds is 16. The van der Waals surface area contributed by atoms with Crippen molar-refractivity contribution < 1.29 is 24.6 Å². The molecule has 0 spiro atoms. The Hall–Kier alpha value is -8.60. The van der Waals surface area contributed by atoms with Gasteiger partial charge in [-0.25, -0.2) is 0 Å². The van der Waals surface area contributed by atoms with Crippen LogP contribution in [-0.4, -0.2) is 54.7 Å². The summed E-state index contributed by atoms with van der Waals surface area (Å²) in [6.07, 6.45) is 7.13. The Labute approximate surface area is 478 Å². The first-order valence-electron chi connectivity index (χ1n) is 27.9. The summed E-state index contributed by atoms with van der Waals surface area (Å²) in [5.74, 6) is -0.613. The molecule has 3 aliphatic carbocycles. The molecule has 9 rings (SSSR count). The molecule has 0 amide bonds. The van der Waals surface area contributed by atoms with Crippen LogP contribution in [0.15, 0.2) is 69.0 Å². The van der Waals surface area contributed by atoms with E-state index >= 15 is 0 Å². The summed E-state index contributed by atoms with van der Waals surface area (Å²) < 4.78 is 0. The van der Waals surface area contributed by atoms with Gasteiger partial charge in [-0.1, -0.05) is 41.5 Å². The van der Waals surface area contributed by atoms with E-state index in [2.05, 4.69) is 27.1 Å². The summed E-state index contributed by atoms with van der Waals surface area (Å²) in [6, 6.07) is 22.7. The molecule has 3 fully saturated rings. The quantitative estimate of drug-likeness (QED) is 0.0566. The summed E-state index contributed by atoms with van der Waals surface area (Å²) in [6.45, 7) is 20.5. The molecule has 3 aromatic heterocycles. The Bertz CT molecular complexity index is 3890. The first kappa shape index (κ1) is 61.0. The van der Waals surface area contributed by atoms with E-state index in [1.807, 2.05) is 74.5 Å². The van der Waals surface area contributed by atoms with Crippen molar-refractivity contribution in [3.63, 3.8) is 0 Å². The van der Waals surface area contributed by atoms with Gasteiger partial charge < -0.3 is 25.2 Å². The van der Waals surface area contributed by atoms with Crippen molar-refractivity contribution in [1.82, 2.24) is 15.0 Å². The molecule has 0 radical (unpaired) electrons. The van der Waals surface area contributed by atoms with E-state index in [1.165, 1.54) is 31.0 Å². The van der Waals surface area contributed by atoms with E-state index in [-0.39, 0.29) is 80.5 Å². The molecule has 3 aromatic carbocycles. The maximum Gasteiger partial charge on any atom is 0.252 e. The second-order valence-electron chi connectivity index (χ2n) is 23.8. The number of aliphatic hydroxyl groups is 2. The van der Waals surface area contributed by atoms with Gasteiger partial charge in [0.2, 0.25) is 0 Å². The molecule has 3 saturated carbocycles. The van der Waals surface area contributed by atoms with Crippen molar-refractivity contribution in [2.45, 2.75) is 157 Å². The number of nitrogens with zero attached hydrogens (tertiary/aromatic N) is 4. The lowest BCUT2D eigenvalue weighted by atomic mass is 9.84. The molecule has 0 aliphatic heterocycles. The third kappa shape index (κ3) is 13.6. The van der Waals surface area contributed by atoms with Crippen LogP contribution in [0, 0.1) is 91.3 Å². The van der Waals surface area contributed by atoms with Crippen molar-refractivity contribution in [3.05, 3.63) is 203 Å². The number of carbonyl (C=O) groups excluding carboxylic acids is 3. The molecule has 422 valence electrons. The average Bonchev–Trinajstić information content (AvgIpc) is 4.39. The van der Waals surface area contributed by atoms with E-state index in [0.717, 1.165) is 47.2 Å². The summed E-state index contributed by atoms with van der Waals surface area (Å²) in [7, 11) is 0. The molecule has 82 heavy (non-hydrogen) atoms. The lowest BCUT2D eigenvalue weighted by molar-refractivity contribution is 0.102. The Kier molecular flexibility index (Phi) is 18.3. The molecule has 5 N–H and O–H groups in total. The standard InChI is InChI=1S/C23H23N3O3.C22H24N2O3.C22H24N2O2/c1-13(2)19-20(21(28)17-7-15(10-24)6-16(8-17)11-25)18(14(3)26-22(19)29)9-23(12-27)4-5-23;1-12(2)18-19(20(25)16-8-13(3)7-15(9-16)11-23)17(10-22(27)5-6-22)14(4)24-21(18)26;1-12(2)19-20(18(10-15-5-6-15)14(4)24-22(19)26)21(25)17-8-13(3)7-16(9-17)11-23/h6-8,13,27H,4-5,9,12H2,1-3H3,(H,26,29);7-9,12,27H,5-6,10H2,1-4H3,(H,24,26);7-9,12,15H,5-6,10H2,1-4H3,(H,24,26). The fraction of sp³-hybridized carbons (Fsp3) is 0.403. The summed E-state index contributed by atoms with van der Waals surface area (Å²) >= 11 is 0. The number of hydrogen-bond acceptors (Lipinski definition) is 12. The van der Waals surface area contributed by atoms with Crippen LogP contribution in [0.3, 0.4) is 0 Å². The number of H-pyrrole nitrogens is 3. The van der Waals surface area contributed by atoms with Crippen LogP contribution in [0.2, 0.25) is 0 Å². The molecular weight excluding hydrogens is 1030 g/mol. The SMILES string of the molecule is Cc1[nH]c(=O)c(C(C)C)c(C(=O)c2cc(C#N)cc(C#N)c2)c1CC1(CO)CC1.Cc1cc(C#N)cc(C(=O)c2c(CC3(O)CC3)c(C)[nH]c(=O)c2C(C)C)c1.Cc1cc(C#N)cc(C(=O)c2c(CC3CC3)c(C)[nH]c(=O)c2C(C)C)c1. The average molecular weight is 1100 g/mol. The van der Waals surface area contributed by atoms with Crippen molar-refractivity contribution >= 4 is 17.3 Å². The molecular formula is C67H71N7O8. The third-order valence-corrected chi connectivity index (χ3v) is 15.9. The van der Waals surface area contributed by atoms with Crippen LogP contribution in [0.5, 0.6) is 0 Å². The maximum atomic E-state index is 13.6. The van der Waals surface area contributed by atoms with Crippen molar-refractivity contribution in [1.29, 1.82) is 21.0 Å². The van der Waals surface area contributed by atoms with Gasteiger partial charge in [-0.3, -0.25) is 28.8 Å². The van der Waals surface area contributed by atoms with E-state index in [0.29, 0.717) is 104 Å². The highest BCUT2D eigenvalue weighted by atomic mass is 16.3. The zero-order valence-corrected chi connectivity index (χ0v) is 48.7. The second-order valence-corrected chi connectivity index (χ2v) is 23.8. The molecule has 6 aromatic rings. The Balaban J connectivity index is 0.000000177. The number of nitriles is 4. The molecule has 0 unspecified atom stereocenters. The molecule has 3 heterocycles. The van der Waals surface area contributed by atoms with E-state index < -0.39 is 5.60 Å². The van der Waals surface area contributed by atoms with Gasteiger partial charge in [0.1, 0.15) is 0 Å². The van der Waals surface area contributed by atoms with Gasteiger partial charge in [-0.2, -0.15) is 21.0 Å². The maximum absolute atomic E-state index is 13.6. The minimum Gasteiger partial charge on any atom is -0.396 e. The topological polar surface area (TPSA) is 285 Å². The number of aromatic amines is 3. The Morgan fingerprint density at radius 2 is 0.841 bits per heavy atom. The largest absolute Gasteiger partial charge is 0.396 e. The van der Waals surface area contributed by atoms with Crippen molar-refractivity contribution in [2.24, 2.45) is 11.3 Å². The highest BCUT2D eigenvalue weighted by Crippen LogP contribution is 2.49. The molecule has 0 saturated heterocycles. The van der Waals surface area contributed by atoms with E-state index in [1.54, 1.807) is 50.2 Å².